The number of nitrogens with zero attached hydrogens (tertiary/aromatic N) is 4. The number of pyridine rings is 1. The van der Waals surface area contributed by atoms with Crippen LogP contribution in [0.4, 0.5) is 5.69 Å². The molecule has 4 aliphatic rings. The normalized spacial score (nSPS) is 20.0. The van der Waals surface area contributed by atoms with Crippen LogP contribution < -0.4 is 19.7 Å². The van der Waals surface area contributed by atoms with E-state index in [0.717, 1.165) is 110 Å². The third-order valence-electron chi connectivity index (χ3n) is 9.91. The molecule has 1 unspecified atom stereocenters. The van der Waals surface area contributed by atoms with Crippen molar-refractivity contribution in [1.82, 2.24) is 20.1 Å². The SMILES string of the molecule is O=C(c1cc(Cc2ccc(N3CCNCC3)cc2)nc2ccc(-c3ccc4c(c3)OCO4)cc12)N1CCCC1CN1CCCC1. The lowest BCUT2D eigenvalue weighted by atomic mass is 9.98. The van der Waals surface area contributed by atoms with E-state index in [0.29, 0.717) is 6.42 Å². The van der Waals surface area contributed by atoms with Gasteiger partial charge in [0.1, 0.15) is 0 Å². The van der Waals surface area contributed by atoms with E-state index < -0.39 is 0 Å². The van der Waals surface area contributed by atoms with Gasteiger partial charge < -0.3 is 29.5 Å². The van der Waals surface area contributed by atoms with Crippen LogP contribution in [0.1, 0.15) is 47.3 Å². The van der Waals surface area contributed by atoms with Gasteiger partial charge >= 0.3 is 0 Å². The first kappa shape index (κ1) is 28.3. The second-order valence-electron chi connectivity index (χ2n) is 12.8. The van der Waals surface area contributed by atoms with Crippen molar-refractivity contribution in [2.24, 2.45) is 0 Å². The van der Waals surface area contributed by atoms with Crippen LogP contribution in [0.5, 0.6) is 11.5 Å². The standard InChI is InChI=1S/C37H41N5O3/c43-37(42-17-3-4-31(42)24-40-15-1-2-16-40)33-23-29(20-26-5-9-30(10-6-26)41-18-13-38-14-19-41)39-34-11-7-27(21-32(33)34)28-8-12-35-36(22-28)45-25-44-35/h5-12,21-23,31,38H,1-4,13-20,24-25H2. The van der Waals surface area contributed by atoms with Gasteiger partial charge in [-0.2, -0.15) is 0 Å². The number of benzene rings is 3. The van der Waals surface area contributed by atoms with E-state index in [1.54, 1.807) is 0 Å². The maximum atomic E-state index is 14.5. The van der Waals surface area contributed by atoms with Crippen LogP contribution in [0.15, 0.2) is 66.7 Å². The molecule has 45 heavy (non-hydrogen) atoms. The number of carbonyl (C=O) groups excluding carboxylic acids is 1. The number of anilines is 1. The van der Waals surface area contributed by atoms with Gasteiger partial charge in [0.15, 0.2) is 11.5 Å². The van der Waals surface area contributed by atoms with Crippen LogP contribution in [-0.4, -0.2) is 85.9 Å². The smallest absolute Gasteiger partial charge is 0.254 e. The van der Waals surface area contributed by atoms with Gasteiger partial charge in [-0.25, -0.2) is 0 Å². The van der Waals surface area contributed by atoms with Crippen molar-refractivity contribution in [2.45, 2.75) is 38.1 Å². The number of fused-ring (bicyclic) bond motifs is 2. The zero-order valence-corrected chi connectivity index (χ0v) is 25.8. The van der Waals surface area contributed by atoms with Gasteiger partial charge in [-0.3, -0.25) is 9.78 Å². The largest absolute Gasteiger partial charge is 0.454 e. The highest BCUT2D eigenvalue weighted by atomic mass is 16.7. The molecule has 3 fully saturated rings. The molecule has 8 rings (SSSR count). The van der Waals surface area contributed by atoms with Gasteiger partial charge in [-0.15, -0.1) is 0 Å². The highest BCUT2D eigenvalue weighted by Gasteiger charge is 2.32. The molecule has 0 radical (unpaired) electrons. The number of amides is 1. The molecule has 4 aromatic rings. The molecule has 0 aliphatic carbocycles. The number of likely N-dealkylation sites (tertiary alicyclic amines) is 2. The van der Waals surface area contributed by atoms with Crippen LogP contribution in [0.25, 0.3) is 22.0 Å². The number of piperazine rings is 1. The molecular weight excluding hydrogens is 562 g/mol. The van der Waals surface area contributed by atoms with Crippen molar-refractivity contribution in [2.75, 3.05) is 64.1 Å². The van der Waals surface area contributed by atoms with E-state index >= 15 is 0 Å². The summed E-state index contributed by atoms with van der Waals surface area (Å²) in [6.45, 7) is 8.42. The van der Waals surface area contributed by atoms with Crippen LogP contribution >= 0.6 is 0 Å². The molecule has 1 aromatic heterocycles. The zero-order chi connectivity index (χ0) is 30.2. The minimum absolute atomic E-state index is 0.127. The molecule has 8 heteroatoms. The van der Waals surface area contributed by atoms with Crippen LogP contribution in [-0.2, 0) is 6.42 Å². The van der Waals surface area contributed by atoms with Crippen molar-refractivity contribution in [3.05, 3.63) is 83.6 Å². The number of ether oxygens (including phenoxy) is 2. The lowest BCUT2D eigenvalue weighted by Gasteiger charge is -2.29. The summed E-state index contributed by atoms with van der Waals surface area (Å²) in [6.07, 6.45) is 5.33. The minimum Gasteiger partial charge on any atom is -0.454 e. The van der Waals surface area contributed by atoms with Crippen LogP contribution in [0.2, 0.25) is 0 Å². The predicted octanol–water partition coefficient (Wildman–Crippen LogP) is 5.33. The summed E-state index contributed by atoms with van der Waals surface area (Å²) in [5, 5.41) is 4.33. The predicted molar refractivity (Wildman–Crippen MR) is 177 cm³/mol. The Hall–Kier alpha value is -4.14. The van der Waals surface area contributed by atoms with E-state index in [2.05, 4.69) is 74.6 Å². The third-order valence-corrected chi connectivity index (χ3v) is 9.91. The van der Waals surface area contributed by atoms with Crippen molar-refractivity contribution < 1.29 is 14.3 Å². The van der Waals surface area contributed by atoms with Gasteiger partial charge in [0.25, 0.3) is 5.91 Å². The minimum atomic E-state index is 0.127. The average molecular weight is 604 g/mol. The van der Waals surface area contributed by atoms with Crippen molar-refractivity contribution >= 4 is 22.5 Å². The second-order valence-corrected chi connectivity index (χ2v) is 12.8. The molecule has 0 spiro atoms. The summed E-state index contributed by atoms with van der Waals surface area (Å²) in [5.41, 5.74) is 7.05. The van der Waals surface area contributed by atoms with E-state index in [4.69, 9.17) is 14.5 Å². The first-order valence-corrected chi connectivity index (χ1v) is 16.6. The van der Waals surface area contributed by atoms with Gasteiger partial charge in [-0.05, 0) is 97.9 Å². The molecule has 1 amide bonds. The number of hydrogen-bond donors (Lipinski definition) is 1. The molecule has 4 aliphatic heterocycles. The Kier molecular flexibility index (Phi) is 7.77. The Morgan fingerprint density at radius 3 is 2.44 bits per heavy atom. The molecule has 1 N–H and O–H groups in total. The topological polar surface area (TPSA) is 70.2 Å². The van der Waals surface area contributed by atoms with Gasteiger partial charge in [-0.1, -0.05) is 24.3 Å². The lowest BCUT2D eigenvalue weighted by Crippen LogP contribution is -2.43. The molecular formula is C37H41N5O3. The number of hydrogen-bond acceptors (Lipinski definition) is 7. The Bertz CT molecular complexity index is 1690. The van der Waals surface area contributed by atoms with Crippen molar-refractivity contribution in [3.63, 3.8) is 0 Å². The van der Waals surface area contributed by atoms with Crippen molar-refractivity contribution in [1.29, 1.82) is 0 Å². The number of rotatable bonds is 7. The second kappa shape index (κ2) is 12.3. The van der Waals surface area contributed by atoms with Crippen LogP contribution in [0, 0.1) is 0 Å². The van der Waals surface area contributed by atoms with E-state index in [-0.39, 0.29) is 18.7 Å². The number of carbonyl (C=O) groups is 1. The maximum absolute atomic E-state index is 14.5. The summed E-state index contributed by atoms with van der Waals surface area (Å²) >= 11 is 0. The van der Waals surface area contributed by atoms with E-state index in [9.17, 15) is 4.79 Å². The average Bonchev–Trinajstić information content (AvgIpc) is 3.88. The first-order valence-electron chi connectivity index (χ1n) is 16.6. The lowest BCUT2D eigenvalue weighted by molar-refractivity contribution is 0.0710. The fourth-order valence-electron chi connectivity index (χ4n) is 7.47. The molecule has 8 nitrogen and oxygen atoms in total. The van der Waals surface area contributed by atoms with Gasteiger partial charge in [0.2, 0.25) is 6.79 Å². The molecule has 232 valence electrons. The Morgan fingerprint density at radius 2 is 1.60 bits per heavy atom. The summed E-state index contributed by atoms with van der Waals surface area (Å²) in [4.78, 5) is 26.7. The highest BCUT2D eigenvalue weighted by molar-refractivity contribution is 6.07. The van der Waals surface area contributed by atoms with E-state index in [1.807, 2.05) is 12.1 Å². The van der Waals surface area contributed by atoms with E-state index in [1.165, 1.54) is 24.1 Å². The number of nitrogens with one attached hydrogen (secondary N) is 1. The zero-order valence-electron chi connectivity index (χ0n) is 25.8. The summed E-state index contributed by atoms with van der Waals surface area (Å²) in [6, 6.07) is 23.5. The number of aromatic nitrogens is 1. The summed E-state index contributed by atoms with van der Waals surface area (Å²) in [5.74, 6) is 1.64. The molecule has 3 aromatic carbocycles. The summed E-state index contributed by atoms with van der Waals surface area (Å²) in [7, 11) is 0. The van der Waals surface area contributed by atoms with Crippen molar-refractivity contribution in [3.8, 4) is 22.6 Å². The Morgan fingerprint density at radius 1 is 0.822 bits per heavy atom. The quantitative estimate of drug-likeness (QED) is 0.306. The summed E-state index contributed by atoms with van der Waals surface area (Å²) < 4.78 is 11.2. The first-order chi connectivity index (χ1) is 22.2. The van der Waals surface area contributed by atoms with Crippen LogP contribution in [0.3, 0.4) is 0 Å². The van der Waals surface area contributed by atoms with Gasteiger partial charge in [0, 0.05) is 68.5 Å². The maximum Gasteiger partial charge on any atom is 0.254 e. The molecule has 5 heterocycles. The fraction of sp³-hybridized carbons (Fsp3) is 0.405. The molecule has 1 atom stereocenters. The Balaban J connectivity index is 1.13. The fourth-order valence-corrected chi connectivity index (χ4v) is 7.47. The molecule has 0 bridgehead atoms. The Labute approximate surface area is 264 Å². The molecule has 0 saturated carbocycles. The monoisotopic (exact) mass is 603 g/mol. The third kappa shape index (κ3) is 5.85. The highest BCUT2D eigenvalue weighted by Crippen LogP contribution is 2.37. The van der Waals surface area contributed by atoms with Gasteiger partial charge in [0.05, 0.1) is 11.1 Å². The molecule has 3 saturated heterocycles.